The molecule has 0 saturated heterocycles. The summed E-state index contributed by atoms with van der Waals surface area (Å²) in [5.74, 6) is -1.85. The molecule has 0 aliphatic carbocycles. The van der Waals surface area contributed by atoms with E-state index in [9.17, 15) is 14.4 Å². The van der Waals surface area contributed by atoms with Crippen LogP contribution in [0.15, 0.2) is 30.3 Å². The van der Waals surface area contributed by atoms with Crippen molar-refractivity contribution >= 4 is 17.8 Å². The van der Waals surface area contributed by atoms with Crippen molar-refractivity contribution in [2.24, 2.45) is 5.92 Å². The van der Waals surface area contributed by atoms with E-state index < -0.39 is 23.9 Å². The van der Waals surface area contributed by atoms with Crippen LogP contribution in [0, 0.1) is 5.92 Å². The van der Waals surface area contributed by atoms with Gasteiger partial charge in [-0.05, 0) is 5.92 Å². The number of nitrogens with zero attached hydrogens (tertiary/aromatic N) is 1. The van der Waals surface area contributed by atoms with Gasteiger partial charge in [-0.3, -0.25) is 4.79 Å². The van der Waals surface area contributed by atoms with Crippen LogP contribution in [-0.4, -0.2) is 48.1 Å². The van der Waals surface area contributed by atoms with Gasteiger partial charge in [0.15, 0.2) is 11.4 Å². The van der Waals surface area contributed by atoms with E-state index >= 15 is 0 Å². The van der Waals surface area contributed by atoms with Crippen molar-refractivity contribution in [1.29, 1.82) is 0 Å². The highest BCUT2D eigenvalue weighted by atomic mass is 16.5. The molecule has 0 radical (unpaired) electrons. The van der Waals surface area contributed by atoms with E-state index in [1.807, 2.05) is 18.2 Å². The molecule has 8 heteroatoms. The summed E-state index contributed by atoms with van der Waals surface area (Å²) in [6.45, 7) is 3.53. The molecular weight excluding hydrogens is 338 g/mol. The number of rotatable bonds is 6. The maximum Gasteiger partial charge on any atom is 0.357 e. The second-order valence-electron chi connectivity index (χ2n) is 5.88. The van der Waals surface area contributed by atoms with Crippen LogP contribution in [0.5, 0.6) is 0 Å². The number of amides is 1. The van der Waals surface area contributed by atoms with Crippen molar-refractivity contribution in [3.63, 3.8) is 0 Å². The van der Waals surface area contributed by atoms with Crippen molar-refractivity contribution in [2.75, 3.05) is 14.2 Å². The highest BCUT2D eigenvalue weighted by molar-refractivity contribution is 6.04. The minimum atomic E-state index is -0.866. The van der Waals surface area contributed by atoms with Gasteiger partial charge in [-0.1, -0.05) is 44.2 Å². The molecule has 1 aromatic heterocycles. The van der Waals surface area contributed by atoms with Gasteiger partial charge in [0.2, 0.25) is 0 Å². The molecule has 138 valence electrons. The van der Waals surface area contributed by atoms with E-state index in [2.05, 4.69) is 15.3 Å². The van der Waals surface area contributed by atoms with Gasteiger partial charge < -0.3 is 19.8 Å². The minimum Gasteiger partial charge on any atom is -0.467 e. The lowest BCUT2D eigenvalue weighted by molar-refractivity contribution is -0.144. The Labute approximate surface area is 150 Å². The van der Waals surface area contributed by atoms with Crippen LogP contribution >= 0.6 is 0 Å². The number of hydrogen-bond donors (Lipinski definition) is 2. The predicted molar refractivity (Wildman–Crippen MR) is 93.5 cm³/mol. The van der Waals surface area contributed by atoms with E-state index in [1.54, 1.807) is 26.0 Å². The number of carbonyl (C=O) groups is 3. The monoisotopic (exact) mass is 359 g/mol. The second-order valence-corrected chi connectivity index (χ2v) is 5.88. The summed E-state index contributed by atoms with van der Waals surface area (Å²) in [6, 6.07) is 8.16. The van der Waals surface area contributed by atoms with Crippen LogP contribution in [0.4, 0.5) is 0 Å². The molecule has 0 bridgehead atoms. The molecule has 0 unspecified atom stereocenters. The van der Waals surface area contributed by atoms with Crippen LogP contribution in [0.1, 0.15) is 34.8 Å². The summed E-state index contributed by atoms with van der Waals surface area (Å²) >= 11 is 0. The van der Waals surface area contributed by atoms with Crippen LogP contribution in [-0.2, 0) is 14.3 Å². The maximum atomic E-state index is 12.7. The molecule has 1 heterocycles. The number of methoxy groups -OCH3 is 2. The molecule has 2 rings (SSSR count). The Hall–Kier alpha value is -3.16. The van der Waals surface area contributed by atoms with E-state index in [-0.39, 0.29) is 17.3 Å². The zero-order valence-corrected chi connectivity index (χ0v) is 15.0. The van der Waals surface area contributed by atoms with E-state index in [0.717, 1.165) is 0 Å². The average Bonchev–Trinajstić information content (AvgIpc) is 3.10. The van der Waals surface area contributed by atoms with Crippen molar-refractivity contribution < 1.29 is 23.9 Å². The molecule has 8 nitrogen and oxygen atoms in total. The van der Waals surface area contributed by atoms with Crippen LogP contribution < -0.4 is 5.32 Å². The summed E-state index contributed by atoms with van der Waals surface area (Å²) in [7, 11) is 2.45. The first-order valence-electron chi connectivity index (χ1n) is 8.01. The highest BCUT2D eigenvalue weighted by Crippen LogP contribution is 2.19. The van der Waals surface area contributed by atoms with E-state index in [1.165, 1.54) is 14.2 Å². The Balaban J connectivity index is 2.40. The van der Waals surface area contributed by atoms with Crippen molar-refractivity contribution in [1.82, 2.24) is 15.3 Å². The normalized spacial score (nSPS) is 11.7. The van der Waals surface area contributed by atoms with Gasteiger partial charge in [0.05, 0.1) is 14.2 Å². The first-order valence-corrected chi connectivity index (χ1v) is 8.01. The van der Waals surface area contributed by atoms with Gasteiger partial charge in [0, 0.05) is 5.56 Å². The third kappa shape index (κ3) is 4.08. The number of imidazole rings is 1. The molecule has 2 aromatic rings. The minimum absolute atomic E-state index is 0.0868. The van der Waals surface area contributed by atoms with Crippen molar-refractivity contribution in [3.05, 3.63) is 41.7 Å². The lowest BCUT2D eigenvalue weighted by atomic mass is 10.0. The maximum absolute atomic E-state index is 12.7. The largest absolute Gasteiger partial charge is 0.467 e. The smallest absolute Gasteiger partial charge is 0.357 e. The standard InChI is InChI=1S/C18H21N3O5/c1-10(2)12(17(23)25-3)21-16(22)13-14(18(24)26-4)20-15(19-13)11-8-6-5-7-9-11/h5-10,12H,1-4H3,(H,19,20)(H,21,22)/t12-/m0/s1. The number of H-pyrrole nitrogens is 1. The number of nitrogens with one attached hydrogen (secondary N) is 2. The van der Waals surface area contributed by atoms with Gasteiger partial charge in [-0.25, -0.2) is 14.6 Å². The molecule has 2 N–H and O–H groups in total. The topological polar surface area (TPSA) is 110 Å². The Morgan fingerprint density at radius 3 is 2.27 bits per heavy atom. The summed E-state index contributed by atoms with van der Waals surface area (Å²) in [5, 5.41) is 2.56. The Bertz CT molecular complexity index is 798. The summed E-state index contributed by atoms with van der Waals surface area (Å²) < 4.78 is 9.43. The fourth-order valence-corrected chi connectivity index (χ4v) is 2.35. The summed E-state index contributed by atoms with van der Waals surface area (Å²) in [5.41, 5.74) is 0.464. The molecule has 0 saturated carbocycles. The number of aromatic amines is 1. The molecule has 26 heavy (non-hydrogen) atoms. The third-order valence-electron chi connectivity index (χ3n) is 3.76. The van der Waals surface area contributed by atoms with Crippen molar-refractivity contribution in [3.8, 4) is 11.4 Å². The SMILES string of the molecule is COC(=O)c1[nH]c(-c2ccccc2)nc1C(=O)N[C@H](C(=O)OC)C(C)C. The second kappa shape index (κ2) is 8.28. The molecule has 0 aliphatic rings. The van der Waals surface area contributed by atoms with Gasteiger partial charge in [-0.15, -0.1) is 0 Å². The zero-order chi connectivity index (χ0) is 19.3. The molecule has 1 amide bonds. The van der Waals surface area contributed by atoms with Crippen LogP contribution in [0.3, 0.4) is 0 Å². The third-order valence-corrected chi connectivity index (χ3v) is 3.76. The summed E-state index contributed by atoms with van der Waals surface area (Å²) in [6.07, 6.45) is 0. The fourth-order valence-electron chi connectivity index (χ4n) is 2.35. The Morgan fingerprint density at radius 1 is 1.08 bits per heavy atom. The molecule has 1 aromatic carbocycles. The van der Waals surface area contributed by atoms with Gasteiger partial charge in [0.1, 0.15) is 11.9 Å². The van der Waals surface area contributed by atoms with Crippen molar-refractivity contribution in [2.45, 2.75) is 19.9 Å². The van der Waals surface area contributed by atoms with Gasteiger partial charge >= 0.3 is 11.9 Å². The first kappa shape index (κ1) is 19.2. The van der Waals surface area contributed by atoms with Crippen LogP contribution in [0.2, 0.25) is 0 Å². The summed E-state index contributed by atoms with van der Waals surface area (Å²) in [4.78, 5) is 43.6. The lowest BCUT2D eigenvalue weighted by Crippen LogP contribution is -2.45. The molecule has 1 atom stereocenters. The average molecular weight is 359 g/mol. The lowest BCUT2D eigenvalue weighted by Gasteiger charge is -2.19. The van der Waals surface area contributed by atoms with Gasteiger partial charge in [0.25, 0.3) is 5.91 Å². The quantitative estimate of drug-likeness (QED) is 0.761. The highest BCUT2D eigenvalue weighted by Gasteiger charge is 2.30. The zero-order valence-electron chi connectivity index (χ0n) is 15.0. The van der Waals surface area contributed by atoms with Crippen LogP contribution in [0.25, 0.3) is 11.4 Å². The number of ether oxygens (including phenoxy) is 2. The van der Waals surface area contributed by atoms with E-state index in [4.69, 9.17) is 9.47 Å². The van der Waals surface area contributed by atoms with E-state index in [0.29, 0.717) is 11.4 Å². The number of carbonyl (C=O) groups excluding carboxylic acids is 3. The number of hydrogen-bond acceptors (Lipinski definition) is 6. The molecule has 0 fully saturated rings. The molecule has 0 spiro atoms. The van der Waals surface area contributed by atoms with Gasteiger partial charge in [-0.2, -0.15) is 0 Å². The fraction of sp³-hybridized carbons (Fsp3) is 0.333. The Morgan fingerprint density at radius 2 is 1.73 bits per heavy atom. The molecular formula is C18H21N3O5. The first-order chi connectivity index (χ1) is 12.4. The predicted octanol–water partition coefficient (Wildman–Crippen LogP) is 1.79. The number of esters is 2. The molecule has 0 aliphatic heterocycles. The number of aromatic nitrogens is 2. The Kier molecular flexibility index (Phi) is 6.11. The number of benzene rings is 1.